The van der Waals surface area contributed by atoms with Crippen LogP contribution in [-0.2, 0) is 16.0 Å². The van der Waals surface area contributed by atoms with Crippen molar-refractivity contribution >= 4 is 23.0 Å². The van der Waals surface area contributed by atoms with Crippen LogP contribution in [0.25, 0.3) is 0 Å². The van der Waals surface area contributed by atoms with E-state index in [-0.39, 0.29) is 24.2 Å². The molecule has 1 saturated heterocycles. The minimum Gasteiger partial charge on any atom is -0.335 e. The van der Waals surface area contributed by atoms with Gasteiger partial charge in [-0.3, -0.25) is 9.59 Å². The van der Waals surface area contributed by atoms with Crippen LogP contribution < -0.4 is 0 Å². The lowest BCUT2D eigenvalue weighted by Crippen LogP contribution is -2.42. The maximum absolute atomic E-state index is 11.9. The van der Waals surface area contributed by atoms with Crippen LogP contribution in [0.4, 0.5) is 0 Å². The average Bonchev–Trinajstić information content (AvgIpc) is 2.77. The summed E-state index contributed by atoms with van der Waals surface area (Å²) in [6.45, 7) is 0.609. The lowest BCUT2D eigenvalue weighted by Gasteiger charge is -2.36. The molecule has 1 aromatic rings. The van der Waals surface area contributed by atoms with E-state index in [1.807, 2.05) is 4.90 Å². The second-order valence-corrected chi connectivity index (χ2v) is 5.76. The van der Waals surface area contributed by atoms with Crippen LogP contribution in [-0.4, -0.2) is 23.1 Å². The van der Waals surface area contributed by atoms with E-state index in [0.29, 0.717) is 13.0 Å². The number of hydrogen-bond donors (Lipinski definition) is 0. The highest BCUT2D eigenvalue weighted by atomic mass is 32.1. The molecule has 1 fully saturated rings. The van der Waals surface area contributed by atoms with E-state index in [1.54, 1.807) is 11.3 Å². The van der Waals surface area contributed by atoms with Crippen molar-refractivity contribution < 1.29 is 9.59 Å². The molecule has 1 aliphatic carbocycles. The van der Waals surface area contributed by atoms with Gasteiger partial charge in [0.2, 0.25) is 5.91 Å². The van der Waals surface area contributed by atoms with E-state index < -0.39 is 0 Å². The minimum atomic E-state index is 0.0188. The number of hydrogen-bond acceptors (Lipinski definition) is 3. The molecule has 0 bridgehead atoms. The monoisotopic (exact) mass is 249 g/mol. The zero-order valence-corrected chi connectivity index (χ0v) is 10.5. The van der Waals surface area contributed by atoms with Crippen molar-refractivity contribution in [1.82, 2.24) is 4.90 Å². The van der Waals surface area contributed by atoms with Gasteiger partial charge < -0.3 is 4.90 Å². The molecule has 0 radical (unpaired) electrons. The van der Waals surface area contributed by atoms with E-state index >= 15 is 0 Å². The molecule has 0 spiro atoms. The van der Waals surface area contributed by atoms with Gasteiger partial charge in [0.15, 0.2) is 0 Å². The van der Waals surface area contributed by atoms with Crippen molar-refractivity contribution in [1.29, 1.82) is 0 Å². The van der Waals surface area contributed by atoms with Gasteiger partial charge in [-0.25, -0.2) is 0 Å². The number of aryl methyl sites for hydroxylation is 1. The largest absolute Gasteiger partial charge is 0.335 e. The van der Waals surface area contributed by atoms with Crippen molar-refractivity contribution in [2.24, 2.45) is 0 Å². The Labute approximate surface area is 104 Å². The molecule has 0 saturated carbocycles. The van der Waals surface area contributed by atoms with Crippen LogP contribution in [0, 0.1) is 0 Å². The zero-order valence-electron chi connectivity index (χ0n) is 9.65. The predicted molar refractivity (Wildman–Crippen MR) is 66.0 cm³/mol. The Kier molecular flexibility index (Phi) is 2.74. The fourth-order valence-electron chi connectivity index (χ4n) is 2.84. The number of carbonyl (C=O) groups is 2. The third kappa shape index (κ3) is 1.90. The highest BCUT2D eigenvalue weighted by Gasteiger charge is 2.33. The van der Waals surface area contributed by atoms with E-state index in [4.69, 9.17) is 0 Å². The van der Waals surface area contributed by atoms with Crippen LogP contribution in [0.5, 0.6) is 0 Å². The molecule has 3 nitrogen and oxygen atoms in total. The first kappa shape index (κ1) is 11.0. The number of carbonyl (C=O) groups excluding carboxylic acids is 2. The van der Waals surface area contributed by atoms with Gasteiger partial charge in [0.1, 0.15) is 5.78 Å². The fraction of sp³-hybridized carbons (Fsp3) is 0.538. The van der Waals surface area contributed by atoms with E-state index in [2.05, 4.69) is 11.4 Å². The number of thiophene rings is 1. The molecule has 2 aliphatic rings. The quantitative estimate of drug-likeness (QED) is 0.716. The maximum Gasteiger partial charge on any atom is 0.230 e. The summed E-state index contributed by atoms with van der Waals surface area (Å²) in [7, 11) is 0. The fourth-order valence-corrected chi connectivity index (χ4v) is 3.83. The number of rotatable bonds is 1. The van der Waals surface area contributed by atoms with E-state index in [1.165, 1.54) is 10.4 Å². The SMILES string of the molecule is O=C1CCN(C2CCCc3sccc32)C(=O)C1. The van der Waals surface area contributed by atoms with Crippen LogP contribution in [0.1, 0.15) is 42.2 Å². The number of likely N-dealkylation sites (tertiary alicyclic amines) is 1. The second kappa shape index (κ2) is 4.26. The molecule has 1 atom stereocenters. The summed E-state index contributed by atoms with van der Waals surface area (Å²) in [5.41, 5.74) is 1.32. The molecular weight excluding hydrogens is 234 g/mol. The Bertz CT molecular complexity index is 466. The molecule has 17 heavy (non-hydrogen) atoms. The summed E-state index contributed by atoms with van der Waals surface area (Å²) >= 11 is 1.79. The molecule has 2 heterocycles. The molecule has 1 unspecified atom stereocenters. The molecule has 4 heteroatoms. The third-order valence-corrected chi connectivity index (χ3v) is 4.69. The number of nitrogens with zero attached hydrogens (tertiary/aromatic N) is 1. The van der Waals surface area contributed by atoms with Gasteiger partial charge in [-0.05, 0) is 36.3 Å². The Morgan fingerprint density at radius 2 is 2.18 bits per heavy atom. The molecule has 1 aliphatic heterocycles. The Morgan fingerprint density at radius 3 is 3.00 bits per heavy atom. The molecule has 90 valence electrons. The van der Waals surface area contributed by atoms with Gasteiger partial charge in [0, 0.05) is 17.8 Å². The van der Waals surface area contributed by atoms with E-state index in [0.717, 1.165) is 19.3 Å². The molecular formula is C13H15NO2S. The van der Waals surface area contributed by atoms with Gasteiger partial charge in [0.25, 0.3) is 0 Å². The first-order chi connectivity index (χ1) is 8.25. The van der Waals surface area contributed by atoms with Crippen molar-refractivity contribution in [3.05, 3.63) is 21.9 Å². The van der Waals surface area contributed by atoms with Crippen molar-refractivity contribution in [2.45, 2.75) is 38.1 Å². The summed E-state index contributed by atoms with van der Waals surface area (Å²) in [5.74, 6) is 0.109. The number of fused-ring (bicyclic) bond motifs is 1. The number of piperidine rings is 1. The summed E-state index contributed by atoms with van der Waals surface area (Å²) in [5, 5.41) is 2.11. The maximum atomic E-state index is 11.9. The highest BCUT2D eigenvalue weighted by Crippen LogP contribution is 2.38. The normalized spacial score (nSPS) is 24.9. The molecule has 0 aromatic carbocycles. The Balaban J connectivity index is 1.86. The summed E-state index contributed by atoms with van der Waals surface area (Å²) in [6.07, 6.45) is 3.97. The first-order valence-electron chi connectivity index (χ1n) is 6.13. The third-order valence-electron chi connectivity index (χ3n) is 3.70. The minimum absolute atomic E-state index is 0.0188. The number of Topliss-reactive ketones (excluding diaryl/α,β-unsaturated/α-hetero) is 1. The Hall–Kier alpha value is -1.16. The molecule has 1 amide bonds. The van der Waals surface area contributed by atoms with Gasteiger partial charge in [-0.2, -0.15) is 0 Å². The molecule has 3 rings (SSSR count). The second-order valence-electron chi connectivity index (χ2n) is 4.76. The number of ketones is 1. The van der Waals surface area contributed by atoms with Crippen LogP contribution >= 0.6 is 11.3 Å². The first-order valence-corrected chi connectivity index (χ1v) is 7.01. The molecule has 0 N–H and O–H groups in total. The van der Waals surface area contributed by atoms with Crippen LogP contribution in [0.15, 0.2) is 11.4 Å². The van der Waals surface area contributed by atoms with Crippen molar-refractivity contribution in [3.63, 3.8) is 0 Å². The lowest BCUT2D eigenvalue weighted by atomic mass is 9.91. The van der Waals surface area contributed by atoms with Gasteiger partial charge in [-0.15, -0.1) is 11.3 Å². The van der Waals surface area contributed by atoms with E-state index in [9.17, 15) is 9.59 Å². The van der Waals surface area contributed by atoms with Crippen molar-refractivity contribution in [3.8, 4) is 0 Å². The standard InChI is InChI=1S/C13H15NO2S/c15-9-4-6-14(13(16)8-9)11-2-1-3-12-10(11)5-7-17-12/h5,7,11H,1-4,6,8H2. The summed E-state index contributed by atoms with van der Waals surface area (Å²) in [6, 6.07) is 2.37. The predicted octanol–water partition coefficient (Wildman–Crippen LogP) is 2.32. The highest BCUT2D eigenvalue weighted by molar-refractivity contribution is 7.10. The van der Waals surface area contributed by atoms with Crippen molar-refractivity contribution in [2.75, 3.05) is 6.54 Å². The summed E-state index contributed by atoms with van der Waals surface area (Å²) < 4.78 is 0. The summed E-state index contributed by atoms with van der Waals surface area (Å²) in [4.78, 5) is 26.5. The van der Waals surface area contributed by atoms with Gasteiger partial charge >= 0.3 is 0 Å². The smallest absolute Gasteiger partial charge is 0.230 e. The lowest BCUT2D eigenvalue weighted by molar-refractivity contribution is -0.141. The topological polar surface area (TPSA) is 37.4 Å². The van der Waals surface area contributed by atoms with Gasteiger partial charge in [0.05, 0.1) is 12.5 Å². The van der Waals surface area contributed by atoms with Gasteiger partial charge in [-0.1, -0.05) is 0 Å². The average molecular weight is 249 g/mol. The number of amides is 1. The zero-order chi connectivity index (χ0) is 11.8. The van der Waals surface area contributed by atoms with Crippen LogP contribution in [0.2, 0.25) is 0 Å². The van der Waals surface area contributed by atoms with Crippen LogP contribution in [0.3, 0.4) is 0 Å². The Morgan fingerprint density at radius 1 is 1.29 bits per heavy atom. The molecule has 1 aromatic heterocycles.